The van der Waals surface area contributed by atoms with Crippen molar-refractivity contribution in [3.8, 4) is 11.5 Å². The van der Waals surface area contributed by atoms with Crippen LogP contribution in [0.5, 0.6) is 0 Å². The topological polar surface area (TPSA) is 98.3 Å². The fourth-order valence-corrected chi connectivity index (χ4v) is 3.32. The van der Waals surface area contributed by atoms with Gasteiger partial charge >= 0.3 is 0 Å². The van der Waals surface area contributed by atoms with Gasteiger partial charge in [-0.1, -0.05) is 30.3 Å². The summed E-state index contributed by atoms with van der Waals surface area (Å²) in [5.74, 6) is 0.252. The predicted molar refractivity (Wildman–Crippen MR) is 108 cm³/mol. The molecule has 138 valence electrons. The number of carbonyl (C=O) groups excluding carboxylic acids is 1. The van der Waals surface area contributed by atoms with Gasteiger partial charge in [0.25, 0.3) is 5.69 Å². The molecule has 8 heteroatoms. The van der Waals surface area contributed by atoms with Gasteiger partial charge in [-0.25, -0.2) is 4.98 Å². The van der Waals surface area contributed by atoms with Gasteiger partial charge in [0.15, 0.2) is 10.9 Å². The third kappa shape index (κ3) is 3.81. The van der Waals surface area contributed by atoms with E-state index in [1.54, 1.807) is 17.5 Å². The summed E-state index contributed by atoms with van der Waals surface area (Å²) in [4.78, 5) is 26.8. The van der Waals surface area contributed by atoms with E-state index >= 15 is 0 Å². The summed E-state index contributed by atoms with van der Waals surface area (Å²) < 4.78 is 5.77. The van der Waals surface area contributed by atoms with Crippen LogP contribution in [-0.2, 0) is 4.79 Å². The number of carbonyl (C=O) groups is 1. The molecule has 0 saturated carbocycles. The predicted octanol–water partition coefficient (Wildman–Crippen LogP) is 5.12. The Morgan fingerprint density at radius 1 is 1.18 bits per heavy atom. The Balaban J connectivity index is 1.45. The van der Waals surface area contributed by atoms with Gasteiger partial charge in [-0.05, 0) is 23.8 Å². The largest absolute Gasteiger partial charge is 0.454 e. The summed E-state index contributed by atoms with van der Waals surface area (Å²) in [5.41, 5.74) is 1.94. The van der Waals surface area contributed by atoms with Crippen LogP contribution in [0.1, 0.15) is 5.56 Å². The van der Waals surface area contributed by atoms with Gasteiger partial charge in [0, 0.05) is 29.0 Å². The smallest absolute Gasteiger partial charge is 0.270 e. The number of thiazole rings is 1. The first-order valence-electron chi connectivity index (χ1n) is 8.26. The van der Waals surface area contributed by atoms with Gasteiger partial charge in [0.05, 0.1) is 4.92 Å². The number of fused-ring (bicyclic) bond motifs is 1. The summed E-state index contributed by atoms with van der Waals surface area (Å²) in [5, 5.41) is 16.7. The number of amides is 1. The first-order valence-corrected chi connectivity index (χ1v) is 9.14. The van der Waals surface area contributed by atoms with Crippen molar-refractivity contribution in [2.75, 3.05) is 5.32 Å². The molecule has 4 rings (SSSR count). The van der Waals surface area contributed by atoms with E-state index in [1.807, 2.05) is 30.3 Å². The molecule has 0 atom stereocenters. The molecule has 2 aromatic heterocycles. The van der Waals surface area contributed by atoms with E-state index in [0.717, 1.165) is 11.0 Å². The lowest BCUT2D eigenvalue weighted by molar-refractivity contribution is -0.384. The highest BCUT2D eigenvalue weighted by atomic mass is 32.1. The van der Waals surface area contributed by atoms with Crippen molar-refractivity contribution in [1.82, 2.24) is 4.98 Å². The second-order valence-electron chi connectivity index (χ2n) is 5.86. The molecule has 7 nitrogen and oxygen atoms in total. The summed E-state index contributed by atoms with van der Waals surface area (Å²) in [6, 6.07) is 15.6. The zero-order valence-electron chi connectivity index (χ0n) is 14.4. The minimum Gasteiger partial charge on any atom is -0.454 e. The molecule has 2 heterocycles. The maximum Gasteiger partial charge on any atom is 0.270 e. The lowest BCUT2D eigenvalue weighted by Crippen LogP contribution is -2.07. The van der Waals surface area contributed by atoms with Gasteiger partial charge in [-0.15, -0.1) is 11.3 Å². The summed E-state index contributed by atoms with van der Waals surface area (Å²) in [7, 11) is 0. The minimum atomic E-state index is -0.480. The lowest BCUT2D eigenvalue weighted by atomic mass is 10.2. The molecule has 0 aliphatic carbocycles. The Hall–Kier alpha value is -3.78. The normalized spacial score (nSPS) is 11.1. The number of aromatic nitrogens is 1. The number of rotatable bonds is 5. The van der Waals surface area contributed by atoms with Crippen LogP contribution in [0.15, 0.2) is 70.5 Å². The fourth-order valence-electron chi connectivity index (χ4n) is 2.61. The number of nitrogens with one attached hydrogen (secondary N) is 1. The molecule has 0 aliphatic heterocycles. The van der Waals surface area contributed by atoms with E-state index in [2.05, 4.69) is 10.3 Å². The van der Waals surface area contributed by atoms with Gasteiger partial charge in [0.2, 0.25) is 5.91 Å². The van der Waals surface area contributed by atoms with E-state index < -0.39 is 4.92 Å². The van der Waals surface area contributed by atoms with Crippen LogP contribution in [0.4, 0.5) is 10.8 Å². The van der Waals surface area contributed by atoms with E-state index in [9.17, 15) is 14.9 Å². The van der Waals surface area contributed by atoms with Gasteiger partial charge < -0.3 is 4.42 Å². The van der Waals surface area contributed by atoms with Crippen LogP contribution < -0.4 is 5.32 Å². The van der Waals surface area contributed by atoms with Crippen molar-refractivity contribution in [2.45, 2.75) is 0 Å². The molecule has 0 spiro atoms. The summed E-state index contributed by atoms with van der Waals surface area (Å²) in [6.45, 7) is 0. The van der Waals surface area contributed by atoms with Crippen molar-refractivity contribution < 1.29 is 14.1 Å². The molecule has 28 heavy (non-hydrogen) atoms. The first kappa shape index (κ1) is 17.6. The molecular formula is C20H13N3O4S. The quantitative estimate of drug-likeness (QED) is 0.289. The zero-order chi connectivity index (χ0) is 19.5. The Kier molecular flexibility index (Phi) is 4.69. The van der Waals surface area contributed by atoms with Crippen molar-refractivity contribution in [2.24, 2.45) is 0 Å². The van der Waals surface area contributed by atoms with Gasteiger partial charge in [-0.3, -0.25) is 20.2 Å². The fraction of sp³-hybridized carbons (Fsp3) is 0. The maximum atomic E-state index is 12.1. The van der Waals surface area contributed by atoms with Crippen LogP contribution in [0.3, 0.4) is 0 Å². The van der Waals surface area contributed by atoms with Crippen LogP contribution in [0.25, 0.3) is 28.5 Å². The molecule has 0 fully saturated rings. The number of hydrogen-bond acceptors (Lipinski definition) is 6. The average Bonchev–Trinajstić information content (AvgIpc) is 3.33. The molecule has 0 aliphatic rings. The van der Waals surface area contributed by atoms with Crippen LogP contribution in [0.2, 0.25) is 0 Å². The molecule has 1 amide bonds. The SMILES string of the molecule is O=C(/C=C/c1cccc([N+](=O)[O-])c1)Nc1nc(-c2cc3ccccc3o2)cs1. The molecular weight excluding hydrogens is 378 g/mol. The number of hydrogen-bond donors (Lipinski definition) is 1. The van der Waals surface area contributed by atoms with Gasteiger partial charge in [-0.2, -0.15) is 0 Å². The molecule has 0 unspecified atom stereocenters. The number of para-hydroxylation sites is 1. The van der Waals surface area contributed by atoms with Crippen LogP contribution >= 0.6 is 11.3 Å². The number of non-ortho nitro benzene ring substituents is 1. The van der Waals surface area contributed by atoms with E-state index in [-0.39, 0.29) is 11.6 Å². The average molecular weight is 391 g/mol. The van der Waals surface area contributed by atoms with Crippen molar-refractivity contribution in [3.63, 3.8) is 0 Å². The van der Waals surface area contributed by atoms with Crippen molar-refractivity contribution >= 4 is 45.1 Å². The number of nitro benzene ring substituents is 1. The standard InChI is InChI=1S/C20H13N3O4S/c24-19(9-8-13-4-3-6-15(10-13)23(25)26)22-20-21-16(12-28-20)18-11-14-5-1-2-7-17(14)27-18/h1-12H,(H,21,22,24)/b9-8+. The Bertz CT molecular complexity index is 1180. The van der Waals surface area contributed by atoms with Gasteiger partial charge in [0.1, 0.15) is 11.3 Å². The minimum absolute atomic E-state index is 0.0297. The first-order chi connectivity index (χ1) is 13.6. The lowest BCUT2D eigenvalue weighted by Gasteiger charge is -1.97. The number of nitrogens with zero attached hydrogens (tertiary/aromatic N) is 2. The third-order valence-electron chi connectivity index (χ3n) is 3.92. The molecule has 1 N–H and O–H groups in total. The van der Waals surface area contributed by atoms with E-state index in [4.69, 9.17) is 4.42 Å². The highest BCUT2D eigenvalue weighted by Gasteiger charge is 2.11. The second kappa shape index (κ2) is 7.45. The molecule has 0 bridgehead atoms. The van der Waals surface area contributed by atoms with Crippen LogP contribution in [0, 0.1) is 10.1 Å². The number of benzene rings is 2. The van der Waals surface area contributed by atoms with E-state index in [0.29, 0.717) is 22.1 Å². The monoisotopic (exact) mass is 391 g/mol. The van der Waals surface area contributed by atoms with E-state index in [1.165, 1.54) is 35.6 Å². The molecule has 2 aromatic carbocycles. The Morgan fingerprint density at radius 2 is 2.04 bits per heavy atom. The summed E-state index contributed by atoms with van der Waals surface area (Å²) >= 11 is 1.28. The Labute approximate surface area is 163 Å². The highest BCUT2D eigenvalue weighted by molar-refractivity contribution is 7.14. The molecule has 4 aromatic rings. The third-order valence-corrected chi connectivity index (χ3v) is 4.68. The highest BCUT2D eigenvalue weighted by Crippen LogP contribution is 2.30. The Morgan fingerprint density at radius 3 is 2.86 bits per heavy atom. The maximum absolute atomic E-state index is 12.1. The zero-order valence-corrected chi connectivity index (χ0v) is 15.2. The summed E-state index contributed by atoms with van der Waals surface area (Å²) in [6.07, 6.45) is 2.82. The molecule has 0 saturated heterocycles. The number of nitro groups is 1. The number of furan rings is 1. The second-order valence-corrected chi connectivity index (χ2v) is 6.72. The van der Waals surface area contributed by atoms with Crippen molar-refractivity contribution in [3.05, 3.63) is 81.7 Å². The van der Waals surface area contributed by atoms with Crippen LogP contribution in [-0.4, -0.2) is 15.8 Å². The van der Waals surface area contributed by atoms with Crippen molar-refractivity contribution in [1.29, 1.82) is 0 Å². The molecule has 0 radical (unpaired) electrons. The number of anilines is 1.